The van der Waals surface area contributed by atoms with Crippen molar-refractivity contribution in [2.75, 3.05) is 30.3 Å². The van der Waals surface area contributed by atoms with Crippen molar-refractivity contribution < 1.29 is 0 Å². The van der Waals surface area contributed by atoms with Crippen LogP contribution in [0.2, 0.25) is 0 Å². The molecule has 1 aliphatic rings. The van der Waals surface area contributed by atoms with Gasteiger partial charge in [-0.25, -0.2) is 10.0 Å². The maximum Gasteiger partial charge on any atom is 0.0800 e. The van der Waals surface area contributed by atoms with Crippen LogP contribution < -0.4 is 0 Å². The van der Waals surface area contributed by atoms with Crippen molar-refractivity contribution in [3.63, 3.8) is 0 Å². The second-order valence-electron chi connectivity index (χ2n) is 3.32. The smallest absolute Gasteiger partial charge is 0.0800 e. The van der Waals surface area contributed by atoms with Crippen molar-refractivity contribution in [2.45, 2.75) is 10.3 Å². The molecule has 1 saturated heterocycles. The zero-order valence-electron chi connectivity index (χ0n) is 6.92. The van der Waals surface area contributed by atoms with E-state index in [4.69, 9.17) is 0 Å². The first-order chi connectivity index (χ1) is 4.61. The Kier molecular flexibility index (Phi) is 3.32. The fourth-order valence-electron chi connectivity index (χ4n) is 0.874. The highest BCUT2D eigenvalue weighted by atomic mass is 32.3. The van der Waals surface area contributed by atoms with Crippen LogP contribution in [-0.4, -0.2) is 34.2 Å². The van der Waals surface area contributed by atoms with E-state index in [1.54, 1.807) is 0 Å². The van der Waals surface area contributed by atoms with Crippen molar-refractivity contribution in [1.82, 2.24) is 0 Å². The average molecular weight is 196 g/mol. The Labute approximate surface area is 74.2 Å². The van der Waals surface area contributed by atoms with Gasteiger partial charge in [-0.15, -0.1) is 23.5 Å². The van der Waals surface area contributed by atoms with E-state index in [-0.39, 0.29) is 10.0 Å². The summed E-state index contributed by atoms with van der Waals surface area (Å²) in [6.07, 6.45) is 8.68. The van der Waals surface area contributed by atoms with Gasteiger partial charge < -0.3 is 0 Å². The molecule has 0 unspecified atom stereocenters. The summed E-state index contributed by atoms with van der Waals surface area (Å²) in [5.74, 6) is 2.78. The van der Waals surface area contributed by atoms with E-state index in [0.717, 1.165) is 3.91 Å². The van der Waals surface area contributed by atoms with Gasteiger partial charge in [-0.3, -0.25) is 0 Å². The summed E-state index contributed by atoms with van der Waals surface area (Å²) in [4.78, 5) is 0. The lowest BCUT2D eigenvalue weighted by atomic mass is 10.6. The lowest BCUT2D eigenvalue weighted by Crippen LogP contribution is -2.13. The molecule has 0 N–H and O–H groups in total. The van der Waals surface area contributed by atoms with Crippen LogP contribution in [0.3, 0.4) is 0 Å². The molecule has 1 fully saturated rings. The summed E-state index contributed by atoms with van der Waals surface area (Å²) >= 11 is 4.34. The first-order valence-corrected chi connectivity index (χ1v) is 8.53. The molecule has 0 aromatic carbocycles. The monoisotopic (exact) mass is 196 g/mol. The topological polar surface area (TPSA) is 0 Å². The SMILES string of the molecule is CS(C)(C)C1SCCCS1. The molecule has 0 aliphatic carbocycles. The molecule has 1 heterocycles. The number of hydrogen-bond acceptors (Lipinski definition) is 2. The summed E-state index contributed by atoms with van der Waals surface area (Å²) < 4.78 is 0.918. The number of rotatable bonds is 1. The average Bonchev–Trinajstić information content (AvgIpc) is 1.88. The maximum atomic E-state index is 2.42. The molecule has 0 spiro atoms. The highest BCUT2D eigenvalue weighted by molar-refractivity contribution is 8.47. The van der Waals surface area contributed by atoms with E-state index in [2.05, 4.69) is 42.3 Å². The fraction of sp³-hybridized carbons (Fsp3) is 1.00. The molecule has 62 valence electrons. The van der Waals surface area contributed by atoms with Crippen molar-refractivity contribution in [3.05, 3.63) is 0 Å². The zero-order chi connectivity index (χ0) is 7.61. The quantitative estimate of drug-likeness (QED) is 0.632. The Morgan fingerprint density at radius 3 is 1.90 bits per heavy atom. The zero-order valence-corrected chi connectivity index (χ0v) is 9.37. The number of thioether (sulfide) groups is 2. The standard InChI is InChI=1S/C7H16S3/c1-10(2,3)7-8-5-4-6-9-7/h7H,4-6H2,1-3H3. The van der Waals surface area contributed by atoms with Gasteiger partial charge in [-0.2, -0.15) is 0 Å². The Bertz CT molecular complexity index is 99.9. The van der Waals surface area contributed by atoms with Gasteiger partial charge in [-0.05, 0) is 36.7 Å². The minimum Gasteiger partial charge on any atom is -0.229 e. The van der Waals surface area contributed by atoms with E-state index in [1.165, 1.54) is 17.9 Å². The molecular weight excluding hydrogens is 180 g/mol. The molecule has 0 amide bonds. The summed E-state index contributed by atoms with van der Waals surface area (Å²) in [6, 6.07) is 0. The van der Waals surface area contributed by atoms with Gasteiger partial charge in [-0.1, -0.05) is 0 Å². The van der Waals surface area contributed by atoms with Gasteiger partial charge in [0.25, 0.3) is 0 Å². The first kappa shape index (κ1) is 9.14. The molecule has 0 atom stereocenters. The molecule has 10 heavy (non-hydrogen) atoms. The van der Waals surface area contributed by atoms with Crippen LogP contribution in [0.5, 0.6) is 0 Å². The van der Waals surface area contributed by atoms with Gasteiger partial charge >= 0.3 is 0 Å². The molecule has 0 radical (unpaired) electrons. The van der Waals surface area contributed by atoms with Crippen molar-refractivity contribution in [1.29, 1.82) is 0 Å². The number of hydrogen-bond donors (Lipinski definition) is 0. The summed E-state index contributed by atoms with van der Waals surface area (Å²) in [6.45, 7) is 0. The van der Waals surface area contributed by atoms with Crippen molar-refractivity contribution in [2.24, 2.45) is 0 Å². The van der Waals surface area contributed by atoms with E-state index >= 15 is 0 Å². The Morgan fingerprint density at radius 2 is 1.60 bits per heavy atom. The predicted octanol–water partition coefficient (Wildman–Crippen LogP) is 2.83. The summed E-state index contributed by atoms with van der Waals surface area (Å²) in [5, 5.41) is 0. The molecular formula is C7H16S3. The molecule has 0 bridgehead atoms. The third-order valence-electron chi connectivity index (χ3n) is 1.37. The predicted molar refractivity (Wildman–Crippen MR) is 58.7 cm³/mol. The van der Waals surface area contributed by atoms with Gasteiger partial charge in [0.1, 0.15) is 0 Å². The third kappa shape index (κ3) is 2.59. The first-order valence-electron chi connectivity index (χ1n) is 3.51. The third-order valence-corrected chi connectivity index (χ3v) is 9.22. The summed E-state index contributed by atoms with van der Waals surface area (Å²) in [7, 11) is -0.300. The second-order valence-corrected chi connectivity index (χ2v) is 11.0. The normalized spacial score (nSPS) is 24.7. The Hall–Kier alpha value is 1.05. The molecule has 1 rings (SSSR count). The maximum absolute atomic E-state index is 2.42. The molecule has 0 saturated carbocycles. The van der Waals surface area contributed by atoms with Crippen LogP contribution >= 0.6 is 33.6 Å². The molecule has 3 heteroatoms. The van der Waals surface area contributed by atoms with Crippen LogP contribution in [-0.2, 0) is 0 Å². The van der Waals surface area contributed by atoms with Gasteiger partial charge in [0, 0.05) is 0 Å². The van der Waals surface area contributed by atoms with E-state index in [9.17, 15) is 0 Å². The van der Waals surface area contributed by atoms with Gasteiger partial charge in [0.05, 0.1) is 3.91 Å². The van der Waals surface area contributed by atoms with Crippen LogP contribution in [0.15, 0.2) is 0 Å². The fourth-order valence-corrected chi connectivity index (χ4v) is 6.87. The van der Waals surface area contributed by atoms with Crippen molar-refractivity contribution >= 4 is 33.6 Å². The van der Waals surface area contributed by atoms with Crippen molar-refractivity contribution in [3.8, 4) is 0 Å². The van der Waals surface area contributed by atoms with Crippen LogP contribution in [0.25, 0.3) is 0 Å². The lowest BCUT2D eigenvalue weighted by molar-refractivity contribution is 1.12. The Morgan fingerprint density at radius 1 is 1.10 bits per heavy atom. The largest absolute Gasteiger partial charge is 0.229 e. The van der Waals surface area contributed by atoms with Gasteiger partial charge in [0.15, 0.2) is 0 Å². The van der Waals surface area contributed by atoms with Crippen LogP contribution in [0.4, 0.5) is 0 Å². The minimum atomic E-state index is -0.300. The van der Waals surface area contributed by atoms with E-state index in [0.29, 0.717) is 0 Å². The minimum absolute atomic E-state index is 0.300. The van der Waals surface area contributed by atoms with Crippen LogP contribution in [0.1, 0.15) is 6.42 Å². The lowest BCUT2D eigenvalue weighted by Gasteiger charge is -2.37. The Balaban J connectivity index is 2.39. The molecule has 0 aromatic rings. The van der Waals surface area contributed by atoms with Crippen LogP contribution in [0, 0.1) is 0 Å². The molecule has 0 nitrogen and oxygen atoms in total. The van der Waals surface area contributed by atoms with E-state index in [1.807, 2.05) is 0 Å². The van der Waals surface area contributed by atoms with E-state index < -0.39 is 0 Å². The highest BCUT2D eigenvalue weighted by Gasteiger charge is 2.22. The highest BCUT2D eigenvalue weighted by Crippen LogP contribution is 2.54. The molecule has 0 aromatic heterocycles. The molecule has 1 aliphatic heterocycles. The second kappa shape index (κ2) is 3.63. The summed E-state index contributed by atoms with van der Waals surface area (Å²) in [5.41, 5.74) is 0. The van der Waals surface area contributed by atoms with Gasteiger partial charge in [0.2, 0.25) is 0 Å².